The summed E-state index contributed by atoms with van der Waals surface area (Å²) in [5, 5.41) is 28.7. The second kappa shape index (κ2) is 12.8. The van der Waals surface area contributed by atoms with Crippen molar-refractivity contribution in [3.8, 4) is 0 Å². The van der Waals surface area contributed by atoms with Crippen molar-refractivity contribution in [2.24, 2.45) is 17.3 Å². The molecule has 254 valence electrons. The molecule has 0 saturated heterocycles. The maximum absolute atomic E-state index is 9.93. The van der Waals surface area contributed by atoms with Crippen molar-refractivity contribution in [1.82, 2.24) is 54.4 Å². The van der Waals surface area contributed by atoms with Gasteiger partial charge in [-0.2, -0.15) is 0 Å². The lowest BCUT2D eigenvalue weighted by Crippen LogP contribution is -2.30. The van der Waals surface area contributed by atoms with Crippen molar-refractivity contribution in [2.45, 2.75) is 97.2 Å². The minimum Gasteiger partial charge on any atom is -0.465 e. The molecule has 14 heteroatoms. The Labute approximate surface area is 278 Å². The normalized spacial score (nSPS) is 24.5. The van der Waals surface area contributed by atoms with E-state index >= 15 is 0 Å². The Bertz CT molecular complexity index is 1910. The highest BCUT2D eigenvalue weighted by atomic mass is 16.5. The van der Waals surface area contributed by atoms with Gasteiger partial charge in [0.05, 0.1) is 35.6 Å². The number of aromatic nitrogens is 10. The average Bonchev–Trinajstić information content (AvgIpc) is 3.89. The molecule has 0 spiro atoms. The Morgan fingerprint density at radius 3 is 1.71 bits per heavy atom. The van der Waals surface area contributed by atoms with E-state index < -0.39 is 6.09 Å². The van der Waals surface area contributed by atoms with Crippen molar-refractivity contribution >= 4 is 39.7 Å². The highest BCUT2D eigenvalue weighted by molar-refractivity contribution is 5.75. The third-order valence-electron chi connectivity index (χ3n) is 10.1. The number of carboxylic acid groups (broad SMARTS) is 1. The lowest BCUT2D eigenvalue weighted by atomic mass is 9.93. The van der Waals surface area contributed by atoms with Gasteiger partial charge in [0.1, 0.15) is 11.6 Å². The fourth-order valence-electron chi connectivity index (χ4n) is 7.79. The molecule has 0 aromatic carbocycles. The molecule has 48 heavy (non-hydrogen) atoms. The van der Waals surface area contributed by atoms with Crippen LogP contribution < -0.4 is 5.32 Å². The van der Waals surface area contributed by atoms with Crippen LogP contribution in [0.3, 0.4) is 0 Å². The molecule has 0 aliphatic heterocycles. The number of carbonyl (C=O) groups is 1. The molecule has 2 saturated carbocycles. The average molecular weight is 656 g/mol. The first kappa shape index (κ1) is 32.0. The van der Waals surface area contributed by atoms with Crippen molar-refractivity contribution in [3.63, 3.8) is 0 Å². The van der Waals surface area contributed by atoms with Crippen LogP contribution >= 0.6 is 0 Å². The molecule has 2 fully saturated rings. The van der Waals surface area contributed by atoms with Crippen LogP contribution in [0, 0.1) is 17.3 Å². The number of amides is 1. The van der Waals surface area contributed by atoms with E-state index in [-0.39, 0.29) is 17.6 Å². The number of fused-ring (bicyclic) bond motifs is 6. The topological polar surface area (TPSA) is 176 Å². The Hall–Kier alpha value is -4.59. The van der Waals surface area contributed by atoms with Gasteiger partial charge in [0, 0.05) is 30.8 Å². The van der Waals surface area contributed by atoms with Crippen molar-refractivity contribution < 1.29 is 14.6 Å². The predicted octanol–water partition coefficient (Wildman–Crippen LogP) is 6.09. The van der Waals surface area contributed by atoms with Gasteiger partial charge in [-0.25, -0.2) is 14.8 Å². The molecule has 2 aliphatic carbocycles. The maximum Gasteiger partial charge on any atom is 0.404 e. The van der Waals surface area contributed by atoms with E-state index in [0.29, 0.717) is 30.2 Å². The van der Waals surface area contributed by atoms with Crippen molar-refractivity contribution in [2.75, 3.05) is 6.54 Å². The maximum atomic E-state index is 9.93. The highest BCUT2D eigenvalue weighted by Gasteiger charge is 2.42. The molecule has 8 rings (SSSR count). The van der Waals surface area contributed by atoms with Crippen LogP contribution in [0.5, 0.6) is 0 Å². The molecule has 6 atom stereocenters. The van der Waals surface area contributed by atoms with Crippen molar-refractivity contribution in [3.05, 3.63) is 48.6 Å². The van der Waals surface area contributed by atoms with Gasteiger partial charge in [0.25, 0.3) is 0 Å². The van der Waals surface area contributed by atoms with Crippen LogP contribution in [0.25, 0.3) is 33.6 Å². The van der Waals surface area contributed by atoms with Gasteiger partial charge in [0.2, 0.25) is 0 Å². The molecule has 6 aromatic heterocycles. The molecule has 0 bridgehead atoms. The molecular weight excluding hydrogens is 610 g/mol. The summed E-state index contributed by atoms with van der Waals surface area (Å²) in [4.78, 5) is 25.3. The fourth-order valence-corrected chi connectivity index (χ4v) is 7.79. The van der Waals surface area contributed by atoms with Gasteiger partial charge < -0.3 is 25.1 Å². The first-order chi connectivity index (χ1) is 23.1. The van der Waals surface area contributed by atoms with E-state index in [2.05, 4.69) is 80.4 Å². The highest BCUT2D eigenvalue weighted by Crippen LogP contribution is 2.47. The third-order valence-corrected chi connectivity index (χ3v) is 10.1. The SMILES string of the molecule is CC(C)(C)CNC(=O)O.CC[C@@H]1C[C@H](O[C@H]2C[C@@H](CC)[C@@H](c3nnc4cnc5[nH]ccc5n34)C2)C[C@@H]1c1nnc2cnc3[nH]ccc3n12. The van der Waals surface area contributed by atoms with Gasteiger partial charge in [-0.15, -0.1) is 20.4 Å². The quantitative estimate of drug-likeness (QED) is 0.159. The summed E-state index contributed by atoms with van der Waals surface area (Å²) in [6.07, 6.45) is 13.2. The van der Waals surface area contributed by atoms with E-state index in [1.807, 2.05) is 33.2 Å². The lowest BCUT2D eigenvalue weighted by Gasteiger charge is -2.18. The minimum absolute atomic E-state index is 0.0401. The van der Waals surface area contributed by atoms with E-state index in [9.17, 15) is 4.79 Å². The number of aromatic amines is 2. The zero-order valence-corrected chi connectivity index (χ0v) is 28.2. The summed E-state index contributed by atoms with van der Waals surface area (Å²) < 4.78 is 11.3. The minimum atomic E-state index is -0.954. The first-order valence-electron chi connectivity index (χ1n) is 17.1. The Morgan fingerprint density at radius 1 is 0.833 bits per heavy atom. The van der Waals surface area contributed by atoms with E-state index in [4.69, 9.17) is 9.84 Å². The van der Waals surface area contributed by atoms with Gasteiger partial charge in [-0.1, -0.05) is 47.5 Å². The number of hydrogen-bond acceptors (Lipinski definition) is 8. The molecule has 1 amide bonds. The summed E-state index contributed by atoms with van der Waals surface area (Å²) in [5.74, 6) is 3.71. The van der Waals surface area contributed by atoms with Crippen molar-refractivity contribution in [1.29, 1.82) is 0 Å². The number of hydrogen-bond donors (Lipinski definition) is 4. The zero-order valence-electron chi connectivity index (χ0n) is 28.2. The van der Waals surface area contributed by atoms with Crippen LogP contribution in [0.15, 0.2) is 36.9 Å². The van der Waals surface area contributed by atoms with E-state index in [1.165, 1.54) is 0 Å². The largest absolute Gasteiger partial charge is 0.465 e. The Morgan fingerprint density at radius 2 is 1.31 bits per heavy atom. The van der Waals surface area contributed by atoms with Crippen LogP contribution in [0.4, 0.5) is 4.79 Å². The second-order valence-corrected chi connectivity index (χ2v) is 14.5. The number of nitrogens with zero attached hydrogens (tertiary/aromatic N) is 8. The van der Waals surface area contributed by atoms with Crippen LogP contribution in [-0.4, -0.2) is 79.1 Å². The van der Waals surface area contributed by atoms with E-state index in [1.54, 1.807) is 12.4 Å². The van der Waals surface area contributed by atoms with Gasteiger partial charge in [-0.05, 0) is 55.1 Å². The zero-order chi connectivity index (χ0) is 33.6. The number of H-pyrrole nitrogens is 2. The van der Waals surface area contributed by atoms with Crippen LogP contribution in [-0.2, 0) is 4.74 Å². The van der Waals surface area contributed by atoms with Gasteiger partial charge in [-0.3, -0.25) is 8.80 Å². The molecule has 0 unspecified atom stereocenters. The Balaban J connectivity index is 0.000000359. The third kappa shape index (κ3) is 6.09. The Kier molecular flexibility index (Phi) is 8.52. The fraction of sp³-hybridized carbons (Fsp3) is 0.559. The van der Waals surface area contributed by atoms with E-state index in [0.717, 1.165) is 83.8 Å². The van der Waals surface area contributed by atoms with Crippen LogP contribution in [0.2, 0.25) is 0 Å². The molecular formula is C34H45N11O3. The summed E-state index contributed by atoms with van der Waals surface area (Å²) >= 11 is 0. The smallest absolute Gasteiger partial charge is 0.404 e. The van der Waals surface area contributed by atoms with Gasteiger partial charge in [0.15, 0.2) is 22.6 Å². The molecule has 6 heterocycles. The molecule has 0 radical (unpaired) electrons. The monoisotopic (exact) mass is 655 g/mol. The van der Waals surface area contributed by atoms with Gasteiger partial charge >= 0.3 is 6.09 Å². The van der Waals surface area contributed by atoms with Crippen LogP contribution in [0.1, 0.15) is 96.6 Å². The number of rotatable bonds is 7. The molecule has 14 nitrogen and oxygen atoms in total. The lowest BCUT2D eigenvalue weighted by molar-refractivity contribution is -0.00877. The standard InChI is InChI=1S/C28H32N10O.C6H13NO2/c1-3-15-9-17(11-19(15)27-35-33-23-13-31-25-21(37(23)27)5-7-29-25)39-18-10-16(4-2)20(12-18)28-36-34-24-14-32-26-22(38(24)28)6-8-30-26;1-6(2,3)4-7-5(8)9/h5-8,13-20,29-30H,3-4,9-12H2,1-2H3;7H,4H2,1-3H3,(H,8,9)/t15-,16-,17+,18+,19+,20+;/m1./s1. The summed E-state index contributed by atoms with van der Waals surface area (Å²) in [6, 6.07) is 4.11. The molecule has 2 aliphatic rings. The second-order valence-electron chi connectivity index (χ2n) is 14.5. The summed E-state index contributed by atoms with van der Waals surface area (Å²) in [6.45, 7) is 11.0. The predicted molar refractivity (Wildman–Crippen MR) is 181 cm³/mol. The summed E-state index contributed by atoms with van der Waals surface area (Å²) in [5.41, 5.74) is 5.42. The summed E-state index contributed by atoms with van der Waals surface area (Å²) in [7, 11) is 0. The first-order valence-corrected chi connectivity index (χ1v) is 17.1. The number of nitrogens with one attached hydrogen (secondary N) is 3. The number of ether oxygens (including phenoxy) is 1. The molecule has 6 aromatic rings. The molecule has 4 N–H and O–H groups in total.